The SMILES string of the molecule is COc1cccc2cc(C(=O)N3CC[C@@H](n4cc(-c5ccccc5)nn4)C3)oc12. The standard InChI is InChI=1S/C22H20N4O3/c1-28-19-9-5-8-16-12-20(29-21(16)19)22(27)25-11-10-17(13-25)26-14-18(23-24-26)15-6-3-2-4-7-15/h2-9,12,14,17H,10-11,13H2,1H3/t17-/m1/s1. The van der Waals surface area contributed by atoms with Crippen LogP contribution < -0.4 is 4.74 Å². The summed E-state index contributed by atoms with van der Waals surface area (Å²) in [5.74, 6) is 0.833. The molecule has 146 valence electrons. The molecule has 2 aromatic carbocycles. The molecule has 3 heterocycles. The molecule has 0 bridgehead atoms. The van der Waals surface area contributed by atoms with Gasteiger partial charge in [0.25, 0.3) is 5.91 Å². The van der Waals surface area contributed by atoms with Gasteiger partial charge in [0.15, 0.2) is 17.1 Å². The molecule has 7 nitrogen and oxygen atoms in total. The highest BCUT2D eigenvalue weighted by Gasteiger charge is 2.30. The first kappa shape index (κ1) is 17.5. The highest BCUT2D eigenvalue weighted by atomic mass is 16.5. The molecule has 29 heavy (non-hydrogen) atoms. The zero-order valence-corrected chi connectivity index (χ0v) is 16.0. The lowest BCUT2D eigenvalue weighted by Crippen LogP contribution is -2.28. The summed E-state index contributed by atoms with van der Waals surface area (Å²) in [7, 11) is 1.59. The van der Waals surface area contributed by atoms with Crippen molar-refractivity contribution in [2.45, 2.75) is 12.5 Å². The van der Waals surface area contributed by atoms with E-state index in [2.05, 4.69) is 10.3 Å². The lowest BCUT2D eigenvalue weighted by molar-refractivity contribution is 0.0757. The van der Waals surface area contributed by atoms with Gasteiger partial charge in [-0.15, -0.1) is 5.10 Å². The van der Waals surface area contributed by atoms with Crippen LogP contribution in [-0.2, 0) is 0 Å². The maximum Gasteiger partial charge on any atom is 0.289 e. The van der Waals surface area contributed by atoms with E-state index in [9.17, 15) is 4.79 Å². The van der Waals surface area contributed by atoms with E-state index in [4.69, 9.17) is 9.15 Å². The molecule has 4 aromatic rings. The van der Waals surface area contributed by atoms with E-state index < -0.39 is 0 Å². The van der Waals surface area contributed by atoms with Crippen molar-refractivity contribution < 1.29 is 13.9 Å². The molecular formula is C22H20N4O3. The fourth-order valence-corrected chi connectivity index (χ4v) is 3.80. The van der Waals surface area contributed by atoms with Gasteiger partial charge in [-0.3, -0.25) is 4.79 Å². The average molecular weight is 388 g/mol. The second-order valence-electron chi connectivity index (χ2n) is 7.13. The zero-order chi connectivity index (χ0) is 19.8. The maximum atomic E-state index is 13.0. The van der Waals surface area contributed by atoms with Crippen LogP contribution in [0.15, 0.2) is 65.2 Å². The Hall–Kier alpha value is -3.61. The molecule has 1 aliphatic rings. The van der Waals surface area contributed by atoms with Crippen LogP contribution in [0.5, 0.6) is 5.75 Å². The maximum absolute atomic E-state index is 13.0. The third-order valence-corrected chi connectivity index (χ3v) is 5.34. The predicted octanol–water partition coefficient (Wildman–Crippen LogP) is 3.79. The van der Waals surface area contributed by atoms with E-state index in [0.29, 0.717) is 30.2 Å². The number of hydrogen-bond acceptors (Lipinski definition) is 5. The summed E-state index contributed by atoms with van der Waals surface area (Å²) in [5, 5.41) is 9.43. The number of aromatic nitrogens is 3. The molecule has 0 unspecified atom stereocenters. The molecule has 7 heteroatoms. The lowest BCUT2D eigenvalue weighted by atomic mass is 10.2. The van der Waals surface area contributed by atoms with E-state index in [-0.39, 0.29) is 11.9 Å². The van der Waals surface area contributed by atoms with Gasteiger partial charge in [0.05, 0.1) is 19.3 Å². The number of likely N-dealkylation sites (tertiary alicyclic amines) is 1. The van der Waals surface area contributed by atoms with Crippen molar-refractivity contribution in [3.8, 4) is 17.0 Å². The average Bonchev–Trinajstić information content (AvgIpc) is 3.52. The number of carbonyl (C=O) groups excluding carboxylic acids is 1. The van der Waals surface area contributed by atoms with Crippen molar-refractivity contribution in [1.29, 1.82) is 0 Å². The van der Waals surface area contributed by atoms with Gasteiger partial charge >= 0.3 is 0 Å². The summed E-state index contributed by atoms with van der Waals surface area (Å²) < 4.78 is 13.0. The normalized spacial score (nSPS) is 16.4. The second kappa shape index (κ2) is 7.09. The van der Waals surface area contributed by atoms with Gasteiger partial charge in [0, 0.05) is 24.0 Å². The van der Waals surface area contributed by atoms with Crippen LogP contribution in [0.4, 0.5) is 0 Å². The molecule has 1 atom stereocenters. The monoisotopic (exact) mass is 388 g/mol. The van der Waals surface area contributed by atoms with Gasteiger partial charge in [0.1, 0.15) is 5.69 Å². The van der Waals surface area contributed by atoms with Gasteiger partial charge in [-0.05, 0) is 18.6 Å². The van der Waals surface area contributed by atoms with Crippen LogP contribution in [0.25, 0.3) is 22.2 Å². The smallest absolute Gasteiger partial charge is 0.289 e. The van der Waals surface area contributed by atoms with Crippen LogP contribution >= 0.6 is 0 Å². The Balaban J connectivity index is 1.33. The van der Waals surface area contributed by atoms with Crippen molar-refractivity contribution in [2.75, 3.05) is 20.2 Å². The zero-order valence-electron chi connectivity index (χ0n) is 16.0. The Morgan fingerprint density at radius 1 is 1.17 bits per heavy atom. The van der Waals surface area contributed by atoms with Crippen LogP contribution in [0, 0.1) is 0 Å². The Kier molecular flexibility index (Phi) is 4.27. The largest absolute Gasteiger partial charge is 0.493 e. The van der Waals surface area contributed by atoms with Crippen molar-refractivity contribution >= 4 is 16.9 Å². The Morgan fingerprint density at radius 2 is 2.03 bits per heavy atom. The van der Waals surface area contributed by atoms with E-state index in [1.165, 1.54) is 0 Å². The summed E-state index contributed by atoms with van der Waals surface area (Å²) in [6.45, 7) is 1.23. The van der Waals surface area contributed by atoms with E-state index >= 15 is 0 Å². The molecule has 5 rings (SSSR count). The minimum Gasteiger partial charge on any atom is -0.493 e. The molecule has 0 radical (unpaired) electrons. The molecule has 0 aliphatic carbocycles. The lowest BCUT2D eigenvalue weighted by Gasteiger charge is -2.14. The summed E-state index contributed by atoms with van der Waals surface area (Å²) in [4.78, 5) is 14.8. The quantitative estimate of drug-likeness (QED) is 0.532. The molecule has 2 aromatic heterocycles. The van der Waals surface area contributed by atoms with Crippen molar-refractivity contribution in [3.63, 3.8) is 0 Å². The van der Waals surface area contributed by atoms with Gasteiger partial charge in [-0.2, -0.15) is 0 Å². The van der Waals surface area contributed by atoms with Gasteiger partial charge in [-0.1, -0.05) is 47.7 Å². The van der Waals surface area contributed by atoms with Crippen LogP contribution in [0.3, 0.4) is 0 Å². The first-order valence-corrected chi connectivity index (χ1v) is 9.56. The molecule has 0 saturated carbocycles. The van der Waals surface area contributed by atoms with E-state index in [0.717, 1.165) is 23.1 Å². The van der Waals surface area contributed by atoms with E-state index in [1.54, 1.807) is 18.1 Å². The fraction of sp³-hybridized carbons (Fsp3) is 0.227. The van der Waals surface area contributed by atoms with Gasteiger partial charge in [0.2, 0.25) is 0 Å². The summed E-state index contributed by atoms with van der Waals surface area (Å²) in [6.07, 6.45) is 2.77. The molecule has 1 fully saturated rings. The number of fused-ring (bicyclic) bond motifs is 1. The molecule has 0 spiro atoms. The Morgan fingerprint density at radius 3 is 2.86 bits per heavy atom. The number of methoxy groups -OCH3 is 1. The summed E-state index contributed by atoms with van der Waals surface area (Å²) in [5.41, 5.74) is 2.46. The third kappa shape index (κ3) is 3.14. The Labute approximate surface area is 167 Å². The van der Waals surface area contributed by atoms with Crippen molar-refractivity contribution in [3.05, 3.63) is 66.6 Å². The highest BCUT2D eigenvalue weighted by Crippen LogP contribution is 2.30. The summed E-state index contributed by atoms with van der Waals surface area (Å²) >= 11 is 0. The number of benzene rings is 2. The first-order chi connectivity index (χ1) is 14.2. The van der Waals surface area contributed by atoms with Crippen molar-refractivity contribution in [2.24, 2.45) is 0 Å². The highest BCUT2D eigenvalue weighted by molar-refractivity contribution is 5.97. The number of carbonyl (C=O) groups is 1. The molecule has 1 aliphatic heterocycles. The molecule has 1 saturated heterocycles. The van der Waals surface area contributed by atoms with Crippen LogP contribution in [0.2, 0.25) is 0 Å². The second-order valence-corrected chi connectivity index (χ2v) is 7.13. The number of rotatable bonds is 4. The van der Waals surface area contributed by atoms with Gasteiger partial charge < -0.3 is 14.1 Å². The van der Waals surface area contributed by atoms with Crippen molar-refractivity contribution in [1.82, 2.24) is 19.9 Å². The van der Waals surface area contributed by atoms with Crippen LogP contribution in [0.1, 0.15) is 23.0 Å². The number of amides is 1. The number of ether oxygens (including phenoxy) is 1. The third-order valence-electron chi connectivity index (χ3n) is 5.34. The van der Waals surface area contributed by atoms with Gasteiger partial charge in [-0.25, -0.2) is 4.68 Å². The molecule has 1 amide bonds. The Bertz CT molecular complexity index is 1170. The number of furan rings is 1. The summed E-state index contributed by atoms with van der Waals surface area (Å²) in [6, 6.07) is 17.4. The predicted molar refractivity (Wildman–Crippen MR) is 108 cm³/mol. The first-order valence-electron chi connectivity index (χ1n) is 9.56. The number of para-hydroxylation sites is 1. The minimum atomic E-state index is -0.117. The van der Waals surface area contributed by atoms with Crippen LogP contribution in [-0.4, -0.2) is 46.0 Å². The molecular weight excluding hydrogens is 368 g/mol. The molecule has 0 N–H and O–H groups in total. The van der Waals surface area contributed by atoms with E-state index in [1.807, 2.05) is 59.4 Å². The topological polar surface area (TPSA) is 73.4 Å². The number of nitrogens with zero attached hydrogens (tertiary/aromatic N) is 4. The minimum absolute atomic E-state index is 0.0998. The number of hydrogen-bond donors (Lipinski definition) is 0. The fourth-order valence-electron chi connectivity index (χ4n) is 3.80.